The molecule has 0 aromatic rings. The van der Waals surface area contributed by atoms with Crippen molar-refractivity contribution in [3.8, 4) is 0 Å². The van der Waals surface area contributed by atoms with Crippen molar-refractivity contribution in [3.05, 3.63) is 0 Å². The largest absolute Gasteiger partial charge is 0.466 e. The summed E-state index contributed by atoms with van der Waals surface area (Å²) in [5.74, 6) is -0.0743. The van der Waals surface area contributed by atoms with Crippen LogP contribution in [0.5, 0.6) is 0 Å². The topological polar surface area (TPSA) is 44.8 Å². The van der Waals surface area contributed by atoms with Gasteiger partial charge in [-0.05, 0) is 40.0 Å². The zero-order valence-corrected chi connectivity index (χ0v) is 14.4. The molecule has 0 bridgehead atoms. The van der Waals surface area contributed by atoms with E-state index in [0.29, 0.717) is 17.1 Å². The lowest BCUT2D eigenvalue weighted by Crippen LogP contribution is -2.27. The molecule has 0 heterocycles. The van der Waals surface area contributed by atoms with E-state index in [-0.39, 0.29) is 23.6 Å². The standard InChI is InChI=1S/C14H25IO4/c1-5-18-13(16)10-8-11(15)12(9-10)19-7-6-14(2,3)17-4/h10-12H,5-9H2,1-4H3. The van der Waals surface area contributed by atoms with Crippen LogP contribution in [0.2, 0.25) is 0 Å². The van der Waals surface area contributed by atoms with Gasteiger partial charge in [-0.25, -0.2) is 0 Å². The van der Waals surface area contributed by atoms with Gasteiger partial charge in [0.05, 0.1) is 24.2 Å². The minimum absolute atomic E-state index is 0.00212. The third kappa shape index (κ3) is 5.55. The Kier molecular flexibility index (Phi) is 7.04. The van der Waals surface area contributed by atoms with Crippen molar-refractivity contribution in [2.45, 2.75) is 55.7 Å². The van der Waals surface area contributed by atoms with Crippen LogP contribution in [0.15, 0.2) is 0 Å². The fourth-order valence-corrected chi connectivity index (χ4v) is 3.25. The molecule has 3 unspecified atom stereocenters. The predicted octanol–water partition coefficient (Wildman–Crippen LogP) is 2.96. The molecule has 0 saturated heterocycles. The fourth-order valence-electron chi connectivity index (χ4n) is 2.13. The Hall–Kier alpha value is 0.120. The van der Waals surface area contributed by atoms with Gasteiger partial charge in [-0.2, -0.15) is 0 Å². The van der Waals surface area contributed by atoms with Crippen LogP contribution >= 0.6 is 22.6 Å². The zero-order chi connectivity index (χ0) is 14.5. The second kappa shape index (κ2) is 7.78. The molecule has 1 aliphatic rings. The second-order valence-electron chi connectivity index (χ2n) is 5.56. The second-order valence-corrected chi connectivity index (χ2v) is 7.16. The van der Waals surface area contributed by atoms with Crippen LogP contribution in [-0.4, -0.2) is 41.9 Å². The lowest BCUT2D eigenvalue weighted by Gasteiger charge is -2.24. The summed E-state index contributed by atoms with van der Waals surface area (Å²) in [6.45, 7) is 7.06. The highest BCUT2D eigenvalue weighted by atomic mass is 127. The van der Waals surface area contributed by atoms with Crippen molar-refractivity contribution in [1.82, 2.24) is 0 Å². The average Bonchev–Trinajstić information content (AvgIpc) is 2.71. The van der Waals surface area contributed by atoms with Gasteiger partial charge in [-0.1, -0.05) is 22.6 Å². The monoisotopic (exact) mass is 384 g/mol. The summed E-state index contributed by atoms with van der Waals surface area (Å²) in [5, 5.41) is 0. The van der Waals surface area contributed by atoms with Crippen LogP contribution in [0.1, 0.15) is 40.0 Å². The van der Waals surface area contributed by atoms with E-state index in [9.17, 15) is 4.79 Å². The summed E-state index contributed by atoms with van der Waals surface area (Å²) >= 11 is 2.38. The molecule has 0 spiro atoms. The SMILES string of the molecule is CCOC(=O)C1CC(I)C(OCCC(C)(C)OC)C1. The Balaban J connectivity index is 2.34. The Morgan fingerprint density at radius 2 is 2.05 bits per heavy atom. The molecule has 0 radical (unpaired) electrons. The van der Waals surface area contributed by atoms with Crippen molar-refractivity contribution in [2.24, 2.45) is 5.92 Å². The van der Waals surface area contributed by atoms with Crippen LogP contribution < -0.4 is 0 Å². The fraction of sp³-hybridized carbons (Fsp3) is 0.929. The van der Waals surface area contributed by atoms with E-state index in [1.807, 2.05) is 20.8 Å². The maximum absolute atomic E-state index is 11.7. The van der Waals surface area contributed by atoms with E-state index in [2.05, 4.69) is 22.6 Å². The first-order chi connectivity index (χ1) is 8.89. The molecule has 0 aromatic carbocycles. The van der Waals surface area contributed by atoms with E-state index in [1.54, 1.807) is 7.11 Å². The maximum Gasteiger partial charge on any atom is 0.309 e. The molecular formula is C14H25IO4. The number of alkyl halides is 1. The highest BCUT2D eigenvalue weighted by molar-refractivity contribution is 14.1. The van der Waals surface area contributed by atoms with Gasteiger partial charge in [-0.3, -0.25) is 4.79 Å². The summed E-state index contributed by atoms with van der Waals surface area (Å²) in [5.41, 5.74) is -0.153. The number of hydrogen-bond acceptors (Lipinski definition) is 4. The Labute approximate surface area is 129 Å². The molecule has 0 aliphatic heterocycles. The first-order valence-corrected chi connectivity index (χ1v) is 8.11. The average molecular weight is 384 g/mol. The number of hydrogen-bond donors (Lipinski definition) is 0. The van der Waals surface area contributed by atoms with Crippen molar-refractivity contribution >= 4 is 28.6 Å². The van der Waals surface area contributed by atoms with Crippen molar-refractivity contribution in [3.63, 3.8) is 0 Å². The van der Waals surface area contributed by atoms with E-state index in [0.717, 1.165) is 19.3 Å². The van der Waals surface area contributed by atoms with Gasteiger partial charge < -0.3 is 14.2 Å². The van der Waals surface area contributed by atoms with Crippen molar-refractivity contribution < 1.29 is 19.0 Å². The predicted molar refractivity (Wildman–Crippen MR) is 82.6 cm³/mol. The molecular weight excluding hydrogens is 359 g/mol. The smallest absolute Gasteiger partial charge is 0.309 e. The highest BCUT2D eigenvalue weighted by Crippen LogP contribution is 2.34. The number of rotatable bonds is 7. The Bertz CT molecular complexity index is 293. The maximum atomic E-state index is 11.7. The molecule has 0 aromatic heterocycles. The molecule has 1 rings (SSSR count). The van der Waals surface area contributed by atoms with E-state index >= 15 is 0 Å². The molecule has 1 fully saturated rings. The molecule has 5 heteroatoms. The third-order valence-electron chi connectivity index (χ3n) is 3.64. The zero-order valence-electron chi connectivity index (χ0n) is 12.3. The summed E-state index contributed by atoms with van der Waals surface area (Å²) in [6.07, 6.45) is 2.65. The van der Waals surface area contributed by atoms with Gasteiger partial charge in [0.25, 0.3) is 0 Å². The highest BCUT2D eigenvalue weighted by Gasteiger charge is 2.38. The summed E-state index contributed by atoms with van der Waals surface area (Å²) in [7, 11) is 1.72. The van der Waals surface area contributed by atoms with Crippen LogP contribution in [0.25, 0.3) is 0 Å². The molecule has 4 nitrogen and oxygen atoms in total. The van der Waals surface area contributed by atoms with Crippen LogP contribution in [0, 0.1) is 5.92 Å². The van der Waals surface area contributed by atoms with Crippen molar-refractivity contribution in [1.29, 1.82) is 0 Å². The Morgan fingerprint density at radius 3 is 2.63 bits per heavy atom. The summed E-state index contributed by atoms with van der Waals surface area (Å²) in [4.78, 5) is 11.7. The van der Waals surface area contributed by atoms with E-state index in [4.69, 9.17) is 14.2 Å². The lowest BCUT2D eigenvalue weighted by molar-refractivity contribution is -0.148. The molecule has 3 atom stereocenters. The summed E-state index contributed by atoms with van der Waals surface area (Å²) in [6, 6.07) is 0. The van der Waals surface area contributed by atoms with Crippen LogP contribution in [-0.2, 0) is 19.0 Å². The minimum atomic E-state index is -0.153. The number of halogens is 1. The van der Waals surface area contributed by atoms with Gasteiger partial charge in [0.1, 0.15) is 0 Å². The third-order valence-corrected chi connectivity index (χ3v) is 4.95. The number of carbonyl (C=O) groups is 1. The van der Waals surface area contributed by atoms with Gasteiger partial charge in [0.2, 0.25) is 0 Å². The first-order valence-electron chi connectivity index (χ1n) is 6.87. The summed E-state index contributed by atoms with van der Waals surface area (Å²) < 4.78 is 16.7. The van der Waals surface area contributed by atoms with Crippen molar-refractivity contribution in [2.75, 3.05) is 20.3 Å². The normalized spacial score (nSPS) is 27.5. The van der Waals surface area contributed by atoms with Gasteiger partial charge in [0, 0.05) is 17.6 Å². The first kappa shape index (κ1) is 17.2. The lowest BCUT2D eigenvalue weighted by atomic mass is 10.1. The molecule has 1 saturated carbocycles. The van der Waals surface area contributed by atoms with Gasteiger partial charge in [0.15, 0.2) is 0 Å². The van der Waals surface area contributed by atoms with Gasteiger partial charge in [-0.15, -0.1) is 0 Å². The molecule has 112 valence electrons. The van der Waals surface area contributed by atoms with Crippen LogP contribution in [0.4, 0.5) is 0 Å². The van der Waals surface area contributed by atoms with Gasteiger partial charge >= 0.3 is 5.97 Å². The minimum Gasteiger partial charge on any atom is -0.466 e. The number of carbonyl (C=O) groups excluding carboxylic acids is 1. The van der Waals surface area contributed by atoms with Crippen LogP contribution in [0.3, 0.4) is 0 Å². The number of ether oxygens (including phenoxy) is 3. The number of esters is 1. The van der Waals surface area contributed by atoms with E-state index < -0.39 is 0 Å². The molecule has 0 amide bonds. The Morgan fingerprint density at radius 1 is 1.37 bits per heavy atom. The van der Waals surface area contributed by atoms with E-state index in [1.165, 1.54) is 0 Å². The molecule has 0 N–H and O–H groups in total. The molecule has 1 aliphatic carbocycles. The number of methoxy groups -OCH3 is 1. The molecule has 19 heavy (non-hydrogen) atoms. The quantitative estimate of drug-likeness (QED) is 0.385.